The van der Waals surface area contributed by atoms with E-state index < -0.39 is 0 Å². The summed E-state index contributed by atoms with van der Waals surface area (Å²) in [7, 11) is 0. The van der Waals surface area contributed by atoms with Crippen molar-refractivity contribution in [2.45, 2.75) is 45.1 Å². The summed E-state index contributed by atoms with van der Waals surface area (Å²) in [6, 6.07) is 0.559. The van der Waals surface area contributed by atoms with Crippen molar-refractivity contribution in [2.24, 2.45) is 5.73 Å². The average Bonchev–Trinajstić information content (AvgIpc) is 2.17. The zero-order valence-corrected chi connectivity index (χ0v) is 9.67. The third-order valence-electron chi connectivity index (χ3n) is 2.91. The molecule has 4 nitrogen and oxygen atoms in total. The maximum absolute atomic E-state index is 11.8. The van der Waals surface area contributed by atoms with E-state index in [-0.39, 0.29) is 6.03 Å². The lowest BCUT2D eigenvalue weighted by Crippen LogP contribution is -2.49. The molecule has 0 saturated heterocycles. The summed E-state index contributed by atoms with van der Waals surface area (Å²) in [5, 5.41) is 2.94. The molecule has 88 valence electrons. The van der Waals surface area contributed by atoms with E-state index in [1.165, 1.54) is 6.42 Å². The Hall–Kier alpha value is -0.770. The fraction of sp³-hybridized carbons (Fsp3) is 0.909. The van der Waals surface area contributed by atoms with E-state index in [4.69, 9.17) is 5.73 Å². The number of rotatable bonds is 6. The smallest absolute Gasteiger partial charge is 0.317 e. The summed E-state index contributed by atoms with van der Waals surface area (Å²) in [5.74, 6) is 0. The standard InChI is InChI=1S/C11H23N3O/c1-2-8-13-11(15)14(9-4-7-12)10-5-3-6-10/h10H,2-9,12H2,1H3,(H,13,15). The van der Waals surface area contributed by atoms with E-state index in [9.17, 15) is 4.79 Å². The van der Waals surface area contributed by atoms with Gasteiger partial charge in [-0.25, -0.2) is 4.79 Å². The summed E-state index contributed by atoms with van der Waals surface area (Å²) in [6.45, 7) is 4.29. The van der Waals surface area contributed by atoms with Gasteiger partial charge in [0.15, 0.2) is 0 Å². The lowest BCUT2D eigenvalue weighted by molar-refractivity contribution is 0.137. The Morgan fingerprint density at radius 2 is 2.27 bits per heavy atom. The first-order valence-corrected chi connectivity index (χ1v) is 6.04. The van der Waals surface area contributed by atoms with Gasteiger partial charge < -0.3 is 16.0 Å². The van der Waals surface area contributed by atoms with Gasteiger partial charge in [0.05, 0.1) is 0 Å². The first-order chi connectivity index (χ1) is 7.29. The van der Waals surface area contributed by atoms with Crippen molar-refractivity contribution < 1.29 is 4.79 Å². The largest absolute Gasteiger partial charge is 0.338 e. The average molecular weight is 213 g/mol. The molecule has 0 radical (unpaired) electrons. The van der Waals surface area contributed by atoms with Crippen LogP contribution >= 0.6 is 0 Å². The molecular weight excluding hydrogens is 190 g/mol. The van der Waals surface area contributed by atoms with Crippen LogP contribution in [0.4, 0.5) is 4.79 Å². The molecule has 0 aromatic carbocycles. The minimum absolute atomic E-state index is 0.0926. The van der Waals surface area contributed by atoms with Crippen LogP contribution in [0.5, 0.6) is 0 Å². The topological polar surface area (TPSA) is 58.4 Å². The number of carbonyl (C=O) groups is 1. The number of amides is 2. The molecule has 1 saturated carbocycles. The summed E-state index contributed by atoms with van der Waals surface area (Å²) in [5.41, 5.74) is 5.48. The van der Waals surface area contributed by atoms with Gasteiger partial charge in [-0.1, -0.05) is 6.92 Å². The Bertz CT molecular complexity index is 192. The van der Waals surface area contributed by atoms with Crippen LogP contribution in [0.15, 0.2) is 0 Å². The molecular formula is C11H23N3O. The van der Waals surface area contributed by atoms with Crippen molar-refractivity contribution in [3.05, 3.63) is 0 Å². The minimum atomic E-state index is 0.0926. The summed E-state index contributed by atoms with van der Waals surface area (Å²) >= 11 is 0. The lowest BCUT2D eigenvalue weighted by atomic mass is 9.91. The van der Waals surface area contributed by atoms with E-state index in [1.54, 1.807) is 0 Å². The Balaban J connectivity index is 2.35. The van der Waals surface area contributed by atoms with Crippen molar-refractivity contribution in [3.63, 3.8) is 0 Å². The van der Waals surface area contributed by atoms with Crippen molar-refractivity contribution in [3.8, 4) is 0 Å². The van der Waals surface area contributed by atoms with Crippen LogP contribution in [0.25, 0.3) is 0 Å². The fourth-order valence-electron chi connectivity index (χ4n) is 1.74. The van der Waals surface area contributed by atoms with Crippen LogP contribution in [0.2, 0.25) is 0 Å². The highest BCUT2D eigenvalue weighted by Crippen LogP contribution is 2.24. The van der Waals surface area contributed by atoms with E-state index in [1.807, 2.05) is 4.90 Å². The van der Waals surface area contributed by atoms with Gasteiger partial charge in [-0.3, -0.25) is 0 Å². The molecule has 0 atom stereocenters. The number of carbonyl (C=O) groups excluding carboxylic acids is 1. The van der Waals surface area contributed by atoms with Crippen molar-refractivity contribution >= 4 is 6.03 Å². The molecule has 15 heavy (non-hydrogen) atoms. The number of nitrogens with one attached hydrogen (secondary N) is 1. The molecule has 0 spiro atoms. The predicted molar refractivity (Wildman–Crippen MR) is 61.7 cm³/mol. The monoisotopic (exact) mass is 213 g/mol. The minimum Gasteiger partial charge on any atom is -0.338 e. The van der Waals surface area contributed by atoms with Gasteiger partial charge in [0.1, 0.15) is 0 Å². The summed E-state index contributed by atoms with van der Waals surface area (Å²) in [4.78, 5) is 13.8. The first-order valence-electron chi connectivity index (χ1n) is 6.04. The van der Waals surface area contributed by atoms with E-state index in [0.717, 1.165) is 38.8 Å². The Kier molecular flexibility index (Phi) is 5.47. The van der Waals surface area contributed by atoms with Crippen LogP contribution in [0, 0.1) is 0 Å². The normalized spacial score (nSPS) is 15.9. The molecule has 4 heteroatoms. The van der Waals surface area contributed by atoms with Crippen molar-refractivity contribution in [1.82, 2.24) is 10.2 Å². The predicted octanol–water partition coefficient (Wildman–Crippen LogP) is 1.31. The molecule has 1 fully saturated rings. The third-order valence-corrected chi connectivity index (χ3v) is 2.91. The van der Waals surface area contributed by atoms with E-state index in [2.05, 4.69) is 12.2 Å². The lowest BCUT2D eigenvalue weighted by Gasteiger charge is -2.37. The second-order valence-corrected chi connectivity index (χ2v) is 4.15. The van der Waals surface area contributed by atoms with Crippen LogP contribution in [0.1, 0.15) is 39.0 Å². The highest BCUT2D eigenvalue weighted by molar-refractivity contribution is 5.74. The second kappa shape index (κ2) is 6.67. The molecule has 1 aliphatic carbocycles. The van der Waals surface area contributed by atoms with Crippen molar-refractivity contribution in [1.29, 1.82) is 0 Å². The third kappa shape index (κ3) is 3.70. The van der Waals surface area contributed by atoms with Gasteiger partial charge in [0.25, 0.3) is 0 Å². The molecule has 0 aliphatic heterocycles. The number of nitrogens with two attached hydrogens (primary N) is 1. The van der Waals surface area contributed by atoms with Crippen molar-refractivity contribution in [2.75, 3.05) is 19.6 Å². The molecule has 2 amide bonds. The zero-order chi connectivity index (χ0) is 11.1. The molecule has 1 rings (SSSR count). The molecule has 3 N–H and O–H groups in total. The Morgan fingerprint density at radius 3 is 2.73 bits per heavy atom. The summed E-state index contributed by atoms with van der Waals surface area (Å²) < 4.78 is 0. The van der Waals surface area contributed by atoms with Crippen LogP contribution in [-0.4, -0.2) is 36.6 Å². The molecule has 0 aromatic heterocycles. The van der Waals surface area contributed by atoms with E-state index in [0.29, 0.717) is 12.6 Å². The van der Waals surface area contributed by atoms with Gasteiger partial charge in [-0.2, -0.15) is 0 Å². The molecule has 0 bridgehead atoms. The van der Waals surface area contributed by atoms with Gasteiger partial charge in [-0.15, -0.1) is 0 Å². The number of urea groups is 1. The zero-order valence-electron chi connectivity index (χ0n) is 9.67. The molecule has 0 aromatic rings. The maximum atomic E-state index is 11.8. The molecule has 0 heterocycles. The molecule has 0 unspecified atom stereocenters. The fourth-order valence-corrected chi connectivity index (χ4v) is 1.74. The first kappa shape index (κ1) is 12.3. The molecule has 1 aliphatic rings. The van der Waals surface area contributed by atoms with Crippen LogP contribution < -0.4 is 11.1 Å². The van der Waals surface area contributed by atoms with Crippen LogP contribution in [-0.2, 0) is 0 Å². The second-order valence-electron chi connectivity index (χ2n) is 4.15. The van der Waals surface area contributed by atoms with E-state index >= 15 is 0 Å². The Morgan fingerprint density at radius 1 is 1.53 bits per heavy atom. The Labute approximate surface area is 92.2 Å². The van der Waals surface area contributed by atoms with Gasteiger partial charge in [0.2, 0.25) is 0 Å². The maximum Gasteiger partial charge on any atom is 0.317 e. The quantitative estimate of drug-likeness (QED) is 0.699. The highest BCUT2D eigenvalue weighted by Gasteiger charge is 2.27. The SMILES string of the molecule is CCCNC(=O)N(CCCN)C1CCC1. The summed E-state index contributed by atoms with van der Waals surface area (Å²) in [6.07, 6.45) is 5.45. The van der Waals surface area contributed by atoms with Gasteiger partial charge in [0, 0.05) is 19.1 Å². The number of hydrogen-bond acceptors (Lipinski definition) is 2. The number of nitrogens with zero attached hydrogens (tertiary/aromatic N) is 1. The van der Waals surface area contributed by atoms with Gasteiger partial charge >= 0.3 is 6.03 Å². The van der Waals surface area contributed by atoms with Gasteiger partial charge in [-0.05, 0) is 38.6 Å². The van der Waals surface area contributed by atoms with Crippen LogP contribution in [0.3, 0.4) is 0 Å². The highest BCUT2D eigenvalue weighted by atomic mass is 16.2. The number of hydrogen-bond donors (Lipinski definition) is 2.